The van der Waals surface area contributed by atoms with Gasteiger partial charge in [-0.3, -0.25) is 9.59 Å². The van der Waals surface area contributed by atoms with Gasteiger partial charge < -0.3 is 15.2 Å². The number of carbonyl (C=O) groups is 2. The first kappa shape index (κ1) is 23.4. The number of hydrogen-bond acceptors (Lipinski definition) is 5. The normalized spacial score (nSPS) is 10.9. The van der Waals surface area contributed by atoms with Crippen LogP contribution in [0.25, 0.3) is 11.1 Å². The van der Waals surface area contributed by atoms with Gasteiger partial charge in [-0.15, -0.1) is 11.3 Å². The van der Waals surface area contributed by atoms with Crippen LogP contribution in [-0.2, 0) is 29.1 Å². The van der Waals surface area contributed by atoms with Crippen molar-refractivity contribution in [2.75, 3.05) is 5.32 Å². The molecule has 7 nitrogen and oxygen atoms in total. The minimum Gasteiger partial charge on any atom is -0.352 e. The first-order valence-corrected chi connectivity index (χ1v) is 12.0. The smallest absolute Gasteiger partial charge is 0.228 e. The highest BCUT2D eigenvalue weighted by atomic mass is 32.1. The molecule has 2 aromatic heterocycles. The lowest BCUT2D eigenvalue weighted by atomic mass is 9.98. The Kier molecular flexibility index (Phi) is 7.49. The van der Waals surface area contributed by atoms with Gasteiger partial charge in [0, 0.05) is 36.8 Å². The second-order valence-corrected chi connectivity index (χ2v) is 9.19. The summed E-state index contributed by atoms with van der Waals surface area (Å²) in [7, 11) is 0. The third kappa shape index (κ3) is 6.17. The van der Waals surface area contributed by atoms with Gasteiger partial charge >= 0.3 is 0 Å². The van der Waals surface area contributed by atoms with E-state index >= 15 is 0 Å². The molecule has 8 heteroatoms. The van der Waals surface area contributed by atoms with Crippen LogP contribution in [0.1, 0.15) is 30.7 Å². The third-order valence-corrected chi connectivity index (χ3v) is 6.14. The van der Waals surface area contributed by atoms with Gasteiger partial charge in [-0.1, -0.05) is 62.4 Å². The fourth-order valence-corrected chi connectivity index (χ4v) is 4.17. The summed E-state index contributed by atoms with van der Waals surface area (Å²) in [6.45, 7) is 4.85. The first-order valence-electron chi connectivity index (χ1n) is 11.1. The molecule has 0 aliphatic rings. The van der Waals surface area contributed by atoms with Crippen LogP contribution in [0.2, 0.25) is 0 Å². The molecule has 2 heterocycles. The molecule has 0 aliphatic carbocycles. The van der Waals surface area contributed by atoms with Crippen molar-refractivity contribution < 1.29 is 9.59 Å². The van der Waals surface area contributed by atoms with Crippen LogP contribution < -0.4 is 10.6 Å². The molecular formula is C26H27N5O2S. The number of rotatable bonds is 9. The van der Waals surface area contributed by atoms with Gasteiger partial charge in [0.25, 0.3) is 0 Å². The molecule has 2 amide bonds. The van der Waals surface area contributed by atoms with Crippen molar-refractivity contribution in [3.05, 3.63) is 89.5 Å². The van der Waals surface area contributed by atoms with Crippen LogP contribution in [-0.4, -0.2) is 26.3 Å². The average Bonchev–Trinajstić information content (AvgIpc) is 3.50. The van der Waals surface area contributed by atoms with E-state index in [2.05, 4.69) is 50.9 Å². The van der Waals surface area contributed by atoms with Gasteiger partial charge in [0.15, 0.2) is 5.13 Å². The zero-order valence-electron chi connectivity index (χ0n) is 19.2. The van der Waals surface area contributed by atoms with Crippen LogP contribution in [0.5, 0.6) is 0 Å². The molecule has 0 saturated carbocycles. The van der Waals surface area contributed by atoms with Gasteiger partial charge in [-0.2, -0.15) is 0 Å². The Morgan fingerprint density at radius 3 is 2.62 bits per heavy atom. The standard InChI is InChI=1S/C26H27N5O2S/c1-18(2)25(33)30-26-29-22(16-34-26)13-24(32)28-14-21-5-3-4-6-23(21)20-9-7-19(8-10-20)15-31-12-11-27-17-31/h3-12,16-18H,13-15H2,1-2H3,(H,28,32)(H,29,30,33). The summed E-state index contributed by atoms with van der Waals surface area (Å²) in [5.74, 6) is -0.321. The van der Waals surface area contributed by atoms with Crippen LogP contribution in [0.4, 0.5) is 5.13 Å². The Morgan fingerprint density at radius 1 is 1.09 bits per heavy atom. The van der Waals surface area contributed by atoms with Crippen molar-refractivity contribution in [2.45, 2.75) is 33.4 Å². The molecule has 0 atom stereocenters. The maximum atomic E-state index is 12.5. The van der Waals surface area contributed by atoms with Crippen molar-refractivity contribution in [1.29, 1.82) is 0 Å². The second kappa shape index (κ2) is 10.9. The monoisotopic (exact) mass is 473 g/mol. The largest absolute Gasteiger partial charge is 0.352 e. The summed E-state index contributed by atoms with van der Waals surface area (Å²) < 4.78 is 2.03. The summed E-state index contributed by atoms with van der Waals surface area (Å²) >= 11 is 1.33. The summed E-state index contributed by atoms with van der Waals surface area (Å²) in [6, 6.07) is 16.5. The Bertz CT molecular complexity index is 1250. The summed E-state index contributed by atoms with van der Waals surface area (Å²) in [5, 5.41) is 8.08. The predicted octanol–water partition coefficient (Wildman–Crippen LogP) is 4.51. The lowest BCUT2D eigenvalue weighted by molar-refractivity contribution is -0.120. The van der Waals surface area contributed by atoms with Crippen LogP contribution in [0.3, 0.4) is 0 Å². The number of anilines is 1. The second-order valence-electron chi connectivity index (χ2n) is 8.33. The number of nitrogens with one attached hydrogen (secondary N) is 2. The predicted molar refractivity (Wildman–Crippen MR) is 134 cm³/mol. The molecule has 0 saturated heterocycles. The highest BCUT2D eigenvalue weighted by Gasteiger charge is 2.13. The summed E-state index contributed by atoms with van der Waals surface area (Å²) in [4.78, 5) is 32.8. The van der Waals surface area contributed by atoms with E-state index in [0.29, 0.717) is 17.4 Å². The lowest BCUT2D eigenvalue weighted by Crippen LogP contribution is -2.25. The van der Waals surface area contributed by atoms with Gasteiger partial charge in [0.1, 0.15) is 0 Å². The number of imidazole rings is 1. The number of carbonyl (C=O) groups excluding carboxylic acids is 2. The number of aromatic nitrogens is 3. The average molecular weight is 474 g/mol. The van der Waals surface area contributed by atoms with Crippen molar-refractivity contribution >= 4 is 28.3 Å². The number of hydrogen-bond donors (Lipinski definition) is 2. The molecule has 34 heavy (non-hydrogen) atoms. The third-order valence-electron chi connectivity index (χ3n) is 5.33. The minimum absolute atomic E-state index is 0.0864. The Morgan fingerprint density at radius 2 is 1.88 bits per heavy atom. The van der Waals surface area contributed by atoms with E-state index in [0.717, 1.165) is 23.2 Å². The molecule has 2 aromatic carbocycles. The van der Waals surface area contributed by atoms with Gasteiger partial charge in [0.05, 0.1) is 18.4 Å². The van der Waals surface area contributed by atoms with E-state index in [1.165, 1.54) is 16.9 Å². The maximum absolute atomic E-state index is 12.5. The zero-order valence-corrected chi connectivity index (χ0v) is 20.0. The van der Waals surface area contributed by atoms with E-state index < -0.39 is 0 Å². The first-order chi connectivity index (χ1) is 16.5. The van der Waals surface area contributed by atoms with E-state index in [-0.39, 0.29) is 24.2 Å². The highest BCUT2D eigenvalue weighted by Crippen LogP contribution is 2.24. The van der Waals surface area contributed by atoms with Crippen molar-refractivity contribution in [3.63, 3.8) is 0 Å². The molecular weight excluding hydrogens is 446 g/mol. The molecule has 2 N–H and O–H groups in total. The number of benzene rings is 2. The number of nitrogens with zero attached hydrogens (tertiary/aromatic N) is 3. The lowest BCUT2D eigenvalue weighted by Gasteiger charge is -2.12. The molecule has 0 radical (unpaired) electrons. The Labute approximate surface area is 202 Å². The van der Waals surface area contributed by atoms with E-state index in [1.54, 1.807) is 17.9 Å². The van der Waals surface area contributed by atoms with Crippen molar-refractivity contribution in [1.82, 2.24) is 19.9 Å². The fraction of sp³-hybridized carbons (Fsp3) is 0.231. The van der Waals surface area contributed by atoms with Crippen LogP contribution >= 0.6 is 11.3 Å². The van der Waals surface area contributed by atoms with Gasteiger partial charge in [0.2, 0.25) is 11.8 Å². The molecule has 0 aliphatic heterocycles. The molecule has 4 rings (SSSR count). The molecule has 0 spiro atoms. The van der Waals surface area contributed by atoms with E-state index in [9.17, 15) is 9.59 Å². The molecule has 0 fully saturated rings. The van der Waals surface area contributed by atoms with E-state index in [4.69, 9.17) is 0 Å². The van der Waals surface area contributed by atoms with Crippen molar-refractivity contribution in [2.24, 2.45) is 5.92 Å². The Balaban J connectivity index is 1.36. The molecule has 0 bridgehead atoms. The minimum atomic E-state index is -0.122. The molecule has 0 unspecified atom stereocenters. The Hall–Kier alpha value is -3.78. The summed E-state index contributed by atoms with van der Waals surface area (Å²) in [5.41, 5.74) is 5.07. The quantitative estimate of drug-likeness (QED) is 0.374. The number of thiazole rings is 1. The van der Waals surface area contributed by atoms with Crippen LogP contribution in [0, 0.1) is 5.92 Å². The SMILES string of the molecule is CC(C)C(=O)Nc1nc(CC(=O)NCc2ccccc2-c2ccc(Cn3ccnc3)cc2)cs1. The number of amides is 2. The van der Waals surface area contributed by atoms with Gasteiger partial charge in [-0.25, -0.2) is 9.97 Å². The topological polar surface area (TPSA) is 88.9 Å². The molecule has 174 valence electrons. The maximum Gasteiger partial charge on any atom is 0.228 e. The summed E-state index contributed by atoms with van der Waals surface area (Å²) in [6.07, 6.45) is 5.69. The van der Waals surface area contributed by atoms with Crippen LogP contribution in [0.15, 0.2) is 72.6 Å². The van der Waals surface area contributed by atoms with E-state index in [1.807, 2.05) is 42.8 Å². The fourth-order valence-electron chi connectivity index (χ4n) is 3.45. The van der Waals surface area contributed by atoms with Gasteiger partial charge in [-0.05, 0) is 22.3 Å². The van der Waals surface area contributed by atoms with Crippen molar-refractivity contribution in [3.8, 4) is 11.1 Å². The highest BCUT2D eigenvalue weighted by molar-refractivity contribution is 7.13. The zero-order chi connectivity index (χ0) is 23.9. The molecule has 4 aromatic rings.